The van der Waals surface area contributed by atoms with Crippen LogP contribution in [0.5, 0.6) is 0 Å². The molecule has 1 nitrogen and oxygen atoms in total. The quantitative estimate of drug-likeness (QED) is 0.0984. The van der Waals surface area contributed by atoms with Gasteiger partial charge in [-0.2, -0.15) is 22.0 Å². The zero-order valence-electron chi connectivity index (χ0n) is 16.5. The first kappa shape index (κ1) is 27.3. The van der Waals surface area contributed by atoms with Crippen LogP contribution in [0.4, 0.5) is 54.0 Å². The van der Waals surface area contributed by atoms with Crippen molar-refractivity contribution < 1.29 is 48.3 Å². The molecule has 0 bridgehead atoms. The molecule has 1 atom stereocenters. The predicted molar refractivity (Wildman–Crippen MR) is 92.1 cm³/mol. The maximum atomic E-state index is 14.7. The van der Waals surface area contributed by atoms with Crippen LogP contribution in [-0.4, -0.2) is 24.9 Å². The normalized spacial score (nSPS) is 13.5. The Labute approximate surface area is 172 Å². The molecule has 0 heterocycles. The van der Waals surface area contributed by atoms with Gasteiger partial charge in [-0.15, -0.1) is 0 Å². The molecule has 0 aromatic heterocycles. The molecule has 180 valence electrons. The van der Waals surface area contributed by atoms with Crippen molar-refractivity contribution in [1.29, 1.82) is 0 Å². The van der Waals surface area contributed by atoms with Gasteiger partial charge in [-0.05, 0) is 19.3 Å². The van der Waals surface area contributed by atoms with Crippen LogP contribution in [-0.2, 0) is 0 Å². The predicted octanol–water partition coefficient (Wildman–Crippen LogP) is 7.82. The minimum Gasteiger partial charge on any atom is -0.306 e. The standard InChI is InChI=1S/C19H22F11N/c1-2-3-10-31(17-15(24)13(22)12(21)14(23)16(17)25)19(29,30)11(20)8-6-4-5-7-9-18(26,27)28/h11H,2-10H2,1H3. The minimum absolute atomic E-state index is 0.00497. The van der Waals surface area contributed by atoms with Gasteiger partial charge in [-0.3, -0.25) is 0 Å². The van der Waals surface area contributed by atoms with Gasteiger partial charge in [0.1, 0.15) is 5.69 Å². The Morgan fingerprint density at radius 2 is 1.19 bits per heavy atom. The van der Waals surface area contributed by atoms with E-state index in [0.717, 1.165) is 0 Å². The number of hydrogen-bond acceptors (Lipinski definition) is 1. The van der Waals surface area contributed by atoms with Crippen LogP contribution < -0.4 is 4.90 Å². The van der Waals surface area contributed by atoms with Crippen LogP contribution in [0.25, 0.3) is 0 Å². The molecule has 0 saturated heterocycles. The molecule has 0 aliphatic heterocycles. The maximum Gasteiger partial charge on any atom is 0.389 e. The molecule has 12 heteroatoms. The summed E-state index contributed by atoms with van der Waals surface area (Å²) in [6.45, 7) is 0.608. The molecule has 0 N–H and O–H groups in total. The highest BCUT2D eigenvalue weighted by molar-refractivity contribution is 5.52. The topological polar surface area (TPSA) is 3.24 Å². The molecule has 1 unspecified atom stereocenters. The summed E-state index contributed by atoms with van der Waals surface area (Å²) in [5.74, 6) is -12.4. The van der Waals surface area contributed by atoms with Gasteiger partial charge in [-0.25, -0.2) is 26.3 Å². The number of anilines is 1. The van der Waals surface area contributed by atoms with Gasteiger partial charge < -0.3 is 4.90 Å². The van der Waals surface area contributed by atoms with E-state index in [4.69, 9.17) is 0 Å². The lowest BCUT2D eigenvalue weighted by Crippen LogP contribution is -2.50. The molecule has 1 aromatic rings. The lowest BCUT2D eigenvalue weighted by atomic mass is 10.1. The third-order valence-electron chi connectivity index (χ3n) is 4.60. The summed E-state index contributed by atoms with van der Waals surface area (Å²) in [6, 6.07) is -4.63. The molecule has 0 aliphatic carbocycles. The first-order valence-electron chi connectivity index (χ1n) is 9.63. The number of hydrogen-bond donors (Lipinski definition) is 0. The number of rotatable bonds is 12. The Balaban J connectivity index is 3.00. The highest BCUT2D eigenvalue weighted by atomic mass is 19.4. The van der Waals surface area contributed by atoms with Crippen molar-refractivity contribution >= 4 is 5.69 Å². The fourth-order valence-corrected chi connectivity index (χ4v) is 2.90. The average molecular weight is 473 g/mol. The molecule has 1 aromatic carbocycles. The van der Waals surface area contributed by atoms with E-state index in [1.54, 1.807) is 0 Å². The lowest BCUT2D eigenvalue weighted by Gasteiger charge is -2.35. The Morgan fingerprint density at radius 3 is 1.68 bits per heavy atom. The molecule has 0 spiro atoms. The largest absolute Gasteiger partial charge is 0.389 e. The molecule has 31 heavy (non-hydrogen) atoms. The summed E-state index contributed by atoms with van der Waals surface area (Å²) in [5.41, 5.74) is -1.93. The van der Waals surface area contributed by atoms with Crippen molar-refractivity contribution in [3.8, 4) is 0 Å². The van der Waals surface area contributed by atoms with E-state index in [1.807, 2.05) is 0 Å². The highest BCUT2D eigenvalue weighted by Crippen LogP contribution is 2.39. The van der Waals surface area contributed by atoms with Gasteiger partial charge in [0.25, 0.3) is 0 Å². The smallest absolute Gasteiger partial charge is 0.306 e. The van der Waals surface area contributed by atoms with Crippen LogP contribution in [0.15, 0.2) is 0 Å². The van der Waals surface area contributed by atoms with E-state index >= 15 is 0 Å². The van der Waals surface area contributed by atoms with E-state index in [9.17, 15) is 48.3 Å². The van der Waals surface area contributed by atoms with Crippen molar-refractivity contribution in [2.45, 2.75) is 76.7 Å². The minimum atomic E-state index is -4.63. The Bertz CT molecular complexity index is 689. The van der Waals surface area contributed by atoms with Crippen molar-refractivity contribution in [3.63, 3.8) is 0 Å². The van der Waals surface area contributed by atoms with E-state index in [-0.39, 0.29) is 38.5 Å². The van der Waals surface area contributed by atoms with Crippen molar-refractivity contribution in [3.05, 3.63) is 29.1 Å². The summed E-state index contributed by atoms with van der Waals surface area (Å²) >= 11 is 0. The highest BCUT2D eigenvalue weighted by Gasteiger charge is 2.48. The molecule has 0 aliphatic rings. The van der Waals surface area contributed by atoms with E-state index in [2.05, 4.69) is 0 Å². The Kier molecular flexibility index (Phi) is 9.87. The molecule has 1 rings (SSSR count). The average Bonchev–Trinajstić information content (AvgIpc) is 2.68. The Hall–Kier alpha value is -1.75. The molecule has 0 amide bonds. The van der Waals surface area contributed by atoms with Gasteiger partial charge in [0.05, 0.1) is 0 Å². The monoisotopic (exact) mass is 473 g/mol. The molecule has 0 radical (unpaired) electrons. The second-order valence-corrected chi connectivity index (χ2v) is 7.05. The first-order chi connectivity index (χ1) is 14.3. The summed E-state index contributed by atoms with van der Waals surface area (Å²) < 4.78 is 148. The molecule has 0 saturated carbocycles. The Morgan fingerprint density at radius 1 is 0.710 bits per heavy atom. The number of unbranched alkanes of at least 4 members (excludes halogenated alkanes) is 4. The fraction of sp³-hybridized carbons (Fsp3) is 0.684. The van der Waals surface area contributed by atoms with Gasteiger partial charge in [0, 0.05) is 13.0 Å². The van der Waals surface area contributed by atoms with Crippen molar-refractivity contribution in [2.75, 3.05) is 11.4 Å². The van der Waals surface area contributed by atoms with E-state index < -0.39 is 77.5 Å². The third-order valence-corrected chi connectivity index (χ3v) is 4.60. The molecular formula is C19H22F11N. The summed E-state index contributed by atoms with van der Waals surface area (Å²) in [5, 5.41) is 0. The second-order valence-electron chi connectivity index (χ2n) is 7.05. The van der Waals surface area contributed by atoms with Crippen LogP contribution in [0, 0.1) is 29.1 Å². The maximum absolute atomic E-state index is 14.7. The van der Waals surface area contributed by atoms with Crippen molar-refractivity contribution in [1.82, 2.24) is 0 Å². The summed E-state index contributed by atoms with van der Waals surface area (Å²) in [4.78, 5) is -0.471. The zero-order valence-corrected chi connectivity index (χ0v) is 16.5. The number of benzene rings is 1. The number of halogens is 11. The van der Waals surface area contributed by atoms with Crippen LogP contribution in [0.2, 0.25) is 0 Å². The number of nitrogens with zero attached hydrogens (tertiary/aromatic N) is 1. The van der Waals surface area contributed by atoms with Crippen LogP contribution in [0.3, 0.4) is 0 Å². The SMILES string of the molecule is CCCCN(c1c(F)c(F)c(F)c(F)c1F)C(F)(F)C(F)CCCCCCC(F)(F)F. The van der Waals surface area contributed by atoms with Crippen LogP contribution in [0.1, 0.15) is 58.3 Å². The van der Waals surface area contributed by atoms with E-state index in [0.29, 0.717) is 0 Å². The van der Waals surface area contributed by atoms with Crippen molar-refractivity contribution in [2.24, 2.45) is 0 Å². The lowest BCUT2D eigenvalue weighted by molar-refractivity contribution is -0.135. The third kappa shape index (κ3) is 7.13. The first-order valence-corrected chi connectivity index (χ1v) is 9.63. The summed E-state index contributed by atoms with van der Waals surface area (Å²) in [7, 11) is 0. The summed E-state index contributed by atoms with van der Waals surface area (Å²) in [6.07, 6.45) is -9.90. The van der Waals surface area contributed by atoms with Gasteiger partial charge in [0.2, 0.25) is 5.82 Å². The van der Waals surface area contributed by atoms with Gasteiger partial charge in [-0.1, -0.05) is 32.6 Å². The zero-order chi connectivity index (χ0) is 24.0. The number of alkyl halides is 6. The van der Waals surface area contributed by atoms with E-state index in [1.165, 1.54) is 6.92 Å². The van der Waals surface area contributed by atoms with Gasteiger partial charge in [0.15, 0.2) is 29.4 Å². The fourth-order valence-electron chi connectivity index (χ4n) is 2.90. The van der Waals surface area contributed by atoms with Gasteiger partial charge >= 0.3 is 12.2 Å². The van der Waals surface area contributed by atoms with Crippen LogP contribution >= 0.6 is 0 Å². The molecule has 0 fully saturated rings. The molecular weight excluding hydrogens is 451 g/mol. The second kappa shape index (κ2) is 11.2.